The van der Waals surface area contributed by atoms with E-state index in [-0.39, 0.29) is 5.91 Å². The maximum absolute atomic E-state index is 12.8. The van der Waals surface area contributed by atoms with Gasteiger partial charge in [-0.25, -0.2) is 0 Å². The molecule has 4 nitrogen and oxygen atoms in total. The maximum atomic E-state index is 12.8. The zero-order valence-corrected chi connectivity index (χ0v) is 16.4. The molecular weight excluding hydrogens is 326 g/mol. The minimum absolute atomic E-state index is 0.113. The number of benzene rings is 2. The van der Waals surface area contributed by atoms with Crippen LogP contribution in [0.4, 0.5) is 5.69 Å². The first-order chi connectivity index (χ1) is 12.6. The number of rotatable bonds is 10. The second kappa shape index (κ2) is 9.58. The first-order valence-corrected chi connectivity index (χ1v) is 9.65. The third-order valence-corrected chi connectivity index (χ3v) is 4.67. The van der Waals surface area contributed by atoms with Crippen molar-refractivity contribution < 1.29 is 14.3 Å². The molecule has 0 fully saturated rings. The van der Waals surface area contributed by atoms with Crippen molar-refractivity contribution in [3.05, 3.63) is 36.4 Å². The van der Waals surface area contributed by atoms with Gasteiger partial charge < -0.3 is 14.8 Å². The summed E-state index contributed by atoms with van der Waals surface area (Å²) in [5, 5.41) is 5.04. The van der Waals surface area contributed by atoms with E-state index in [2.05, 4.69) is 12.2 Å². The highest BCUT2D eigenvalue weighted by Gasteiger charge is 2.32. The third-order valence-electron chi connectivity index (χ3n) is 4.67. The minimum atomic E-state index is -0.826. The number of anilines is 1. The van der Waals surface area contributed by atoms with Gasteiger partial charge in [-0.1, -0.05) is 51.5 Å². The van der Waals surface area contributed by atoms with E-state index in [1.807, 2.05) is 57.2 Å². The Morgan fingerprint density at radius 1 is 1.00 bits per heavy atom. The number of ether oxygens (including phenoxy) is 2. The zero-order chi connectivity index (χ0) is 19.0. The fourth-order valence-electron chi connectivity index (χ4n) is 2.74. The van der Waals surface area contributed by atoms with Crippen LogP contribution in [-0.4, -0.2) is 24.7 Å². The first-order valence-electron chi connectivity index (χ1n) is 9.65. The van der Waals surface area contributed by atoms with Crippen LogP contribution in [0.1, 0.15) is 53.4 Å². The molecule has 1 atom stereocenters. The lowest BCUT2D eigenvalue weighted by Gasteiger charge is -2.27. The molecule has 0 aliphatic heterocycles. The van der Waals surface area contributed by atoms with Crippen LogP contribution >= 0.6 is 0 Å². The van der Waals surface area contributed by atoms with Crippen molar-refractivity contribution in [3.63, 3.8) is 0 Å². The maximum Gasteiger partial charge on any atom is 0.256 e. The van der Waals surface area contributed by atoms with Crippen molar-refractivity contribution in [1.82, 2.24) is 0 Å². The smallest absolute Gasteiger partial charge is 0.256 e. The van der Waals surface area contributed by atoms with Crippen molar-refractivity contribution in [2.24, 2.45) is 0 Å². The van der Waals surface area contributed by atoms with E-state index in [4.69, 9.17) is 9.47 Å². The summed E-state index contributed by atoms with van der Waals surface area (Å²) in [6.45, 7) is 9.28. The molecule has 0 unspecified atom stereocenters. The predicted octanol–water partition coefficient (Wildman–Crippen LogP) is 5.55. The van der Waals surface area contributed by atoms with Crippen molar-refractivity contribution in [3.8, 4) is 5.75 Å². The van der Waals surface area contributed by atoms with Crippen molar-refractivity contribution >= 4 is 22.4 Å². The molecule has 2 rings (SSSR count). The van der Waals surface area contributed by atoms with Gasteiger partial charge in [0.05, 0.1) is 6.61 Å². The SMILES string of the molecule is CCCCOc1ccc(NC(=O)[C@](C)(CC)OCCC)c2ccccc12. The van der Waals surface area contributed by atoms with Crippen LogP contribution in [0.5, 0.6) is 5.75 Å². The molecule has 2 aromatic carbocycles. The number of unbranched alkanes of at least 4 members (excludes halogenated alkanes) is 1. The first kappa shape index (κ1) is 20.2. The zero-order valence-electron chi connectivity index (χ0n) is 16.4. The van der Waals surface area contributed by atoms with Gasteiger partial charge in [0.1, 0.15) is 11.4 Å². The van der Waals surface area contributed by atoms with Crippen LogP contribution < -0.4 is 10.1 Å². The second-order valence-electron chi connectivity index (χ2n) is 6.75. The molecule has 142 valence electrons. The Bertz CT molecular complexity index is 728. The summed E-state index contributed by atoms with van der Waals surface area (Å²) in [6.07, 6.45) is 3.63. The molecule has 0 saturated carbocycles. The van der Waals surface area contributed by atoms with Gasteiger partial charge in [0.2, 0.25) is 0 Å². The average molecular weight is 357 g/mol. The van der Waals surface area contributed by atoms with Crippen LogP contribution in [0.25, 0.3) is 10.8 Å². The summed E-state index contributed by atoms with van der Waals surface area (Å²) >= 11 is 0. The number of hydrogen-bond acceptors (Lipinski definition) is 3. The molecule has 0 bridgehead atoms. The molecule has 0 aromatic heterocycles. The monoisotopic (exact) mass is 357 g/mol. The Balaban J connectivity index is 2.27. The summed E-state index contributed by atoms with van der Waals surface area (Å²) in [6, 6.07) is 11.8. The number of amides is 1. The number of carbonyl (C=O) groups is 1. The lowest BCUT2D eigenvalue weighted by Crippen LogP contribution is -2.42. The Morgan fingerprint density at radius 3 is 2.38 bits per heavy atom. The summed E-state index contributed by atoms with van der Waals surface area (Å²) < 4.78 is 11.8. The third kappa shape index (κ3) is 4.76. The fraction of sp³-hybridized carbons (Fsp3) is 0.500. The van der Waals surface area contributed by atoms with E-state index in [0.29, 0.717) is 19.6 Å². The standard InChI is InChI=1S/C22H31NO3/c1-5-8-16-25-20-14-13-19(17-11-9-10-12-18(17)20)23-21(24)22(4,7-3)26-15-6-2/h9-14H,5-8,15-16H2,1-4H3,(H,23,24)/t22-/m0/s1. The van der Waals surface area contributed by atoms with Gasteiger partial charge in [-0.2, -0.15) is 0 Å². The Kier molecular flexibility index (Phi) is 7.46. The molecule has 26 heavy (non-hydrogen) atoms. The molecule has 0 aliphatic carbocycles. The minimum Gasteiger partial charge on any atom is -0.493 e. The van der Waals surface area contributed by atoms with E-state index >= 15 is 0 Å². The predicted molar refractivity (Wildman–Crippen MR) is 108 cm³/mol. The molecule has 4 heteroatoms. The average Bonchev–Trinajstić information content (AvgIpc) is 2.67. The number of nitrogens with one attached hydrogen (secondary N) is 1. The molecule has 0 saturated heterocycles. The van der Waals surface area contributed by atoms with E-state index in [9.17, 15) is 4.79 Å². The Hall–Kier alpha value is -2.07. The lowest BCUT2D eigenvalue weighted by atomic mass is 10.0. The van der Waals surface area contributed by atoms with Crippen LogP contribution in [0.2, 0.25) is 0 Å². The van der Waals surface area contributed by atoms with E-state index in [1.54, 1.807) is 0 Å². The van der Waals surface area contributed by atoms with Gasteiger partial charge in [-0.3, -0.25) is 4.79 Å². The summed E-state index contributed by atoms with van der Waals surface area (Å²) in [5.74, 6) is 0.741. The largest absolute Gasteiger partial charge is 0.493 e. The highest BCUT2D eigenvalue weighted by Crippen LogP contribution is 2.32. The molecule has 0 radical (unpaired) electrons. The fourth-order valence-corrected chi connectivity index (χ4v) is 2.74. The molecule has 0 spiro atoms. The molecule has 0 aliphatic rings. The van der Waals surface area contributed by atoms with Gasteiger partial charge in [-0.15, -0.1) is 0 Å². The van der Waals surface area contributed by atoms with Gasteiger partial charge in [0.25, 0.3) is 5.91 Å². The molecule has 2 aromatic rings. The van der Waals surface area contributed by atoms with E-state index in [0.717, 1.165) is 41.5 Å². The lowest BCUT2D eigenvalue weighted by molar-refractivity contribution is -0.139. The molecule has 1 N–H and O–H groups in total. The van der Waals surface area contributed by atoms with Crippen LogP contribution in [-0.2, 0) is 9.53 Å². The number of fused-ring (bicyclic) bond motifs is 1. The van der Waals surface area contributed by atoms with Gasteiger partial charge in [0.15, 0.2) is 0 Å². The Labute approximate surface area is 156 Å². The van der Waals surface area contributed by atoms with Crippen molar-refractivity contribution in [2.45, 2.75) is 59.0 Å². The van der Waals surface area contributed by atoms with Gasteiger partial charge >= 0.3 is 0 Å². The van der Waals surface area contributed by atoms with Crippen LogP contribution in [0, 0.1) is 0 Å². The highest BCUT2D eigenvalue weighted by molar-refractivity contribution is 6.06. The van der Waals surface area contributed by atoms with E-state index < -0.39 is 5.60 Å². The van der Waals surface area contributed by atoms with Crippen LogP contribution in [0.15, 0.2) is 36.4 Å². The van der Waals surface area contributed by atoms with Gasteiger partial charge in [0, 0.05) is 23.1 Å². The Morgan fingerprint density at radius 2 is 1.73 bits per heavy atom. The summed E-state index contributed by atoms with van der Waals surface area (Å²) in [5.41, 5.74) is -0.0406. The quantitative estimate of drug-likeness (QED) is 0.567. The van der Waals surface area contributed by atoms with Gasteiger partial charge in [-0.05, 0) is 38.3 Å². The topological polar surface area (TPSA) is 47.6 Å². The second-order valence-corrected chi connectivity index (χ2v) is 6.75. The molecule has 0 heterocycles. The van der Waals surface area contributed by atoms with Crippen molar-refractivity contribution in [2.75, 3.05) is 18.5 Å². The van der Waals surface area contributed by atoms with E-state index in [1.165, 1.54) is 0 Å². The highest BCUT2D eigenvalue weighted by atomic mass is 16.5. The number of hydrogen-bond donors (Lipinski definition) is 1. The molecule has 1 amide bonds. The van der Waals surface area contributed by atoms with Crippen LogP contribution in [0.3, 0.4) is 0 Å². The number of carbonyl (C=O) groups excluding carboxylic acids is 1. The summed E-state index contributed by atoms with van der Waals surface area (Å²) in [7, 11) is 0. The molecular formula is C22H31NO3. The summed E-state index contributed by atoms with van der Waals surface area (Å²) in [4.78, 5) is 12.8. The van der Waals surface area contributed by atoms with Crippen molar-refractivity contribution in [1.29, 1.82) is 0 Å². The normalized spacial score (nSPS) is 13.4.